The van der Waals surface area contributed by atoms with E-state index in [2.05, 4.69) is 10.4 Å². The summed E-state index contributed by atoms with van der Waals surface area (Å²) in [4.78, 5) is 12.1. The highest BCUT2D eigenvalue weighted by molar-refractivity contribution is 6.30. The summed E-state index contributed by atoms with van der Waals surface area (Å²) in [5, 5.41) is 7.79. The van der Waals surface area contributed by atoms with Gasteiger partial charge in [-0.2, -0.15) is 5.10 Å². The second kappa shape index (κ2) is 6.54. The van der Waals surface area contributed by atoms with Gasteiger partial charge in [-0.25, -0.2) is 4.68 Å². The Morgan fingerprint density at radius 2 is 2.17 bits per heavy atom. The van der Waals surface area contributed by atoms with Gasteiger partial charge in [0, 0.05) is 17.2 Å². The molecule has 3 aromatic rings. The van der Waals surface area contributed by atoms with E-state index >= 15 is 0 Å². The Morgan fingerprint density at radius 3 is 2.91 bits per heavy atom. The van der Waals surface area contributed by atoms with Crippen molar-refractivity contribution in [3.63, 3.8) is 0 Å². The van der Waals surface area contributed by atoms with Crippen molar-refractivity contribution < 1.29 is 9.21 Å². The number of nitrogens with zero attached hydrogens (tertiary/aromatic N) is 2. The van der Waals surface area contributed by atoms with Crippen molar-refractivity contribution in [2.75, 3.05) is 5.32 Å². The molecule has 0 aliphatic carbocycles. The summed E-state index contributed by atoms with van der Waals surface area (Å²) in [6.45, 7) is 1.86. The number of hydrogen-bond acceptors (Lipinski definition) is 3. The van der Waals surface area contributed by atoms with Crippen molar-refractivity contribution in [2.24, 2.45) is 0 Å². The fourth-order valence-corrected chi connectivity index (χ4v) is 2.29. The van der Waals surface area contributed by atoms with E-state index in [1.54, 1.807) is 47.4 Å². The van der Waals surface area contributed by atoms with E-state index < -0.39 is 0 Å². The number of nitrogens with one attached hydrogen (secondary N) is 1. The second-order valence-corrected chi connectivity index (χ2v) is 5.34. The van der Waals surface area contributed by atoms with Gasteiger partial charge in [-0.1, -0.05) is 17.7 Å². The van der Waals surface area contributed by atoms with Gasteiger partial charge in [0.15, 0.2) is 0 Å². The first-order valence-electron chi connectivity index (χ1n) is 6.97. The summed E-state index contributed by atoms with van der Waals surface area (Å²) in [7, 11) is 0. The summed E-state index contributed by atoms with van der Waals surface area (Å²) >= 11 is 6.02. The molecule has 0 fully saturated rings. The first kappa shape index (κ1) is 15.1. The average molecular weight is 328 g/mol. The number of aryl methyl sites for hydroxylation is 1. The van der Waals surface area contributed by atoms with E-state index in [0.29, 0.717) is 16.6 Å². The Kier molecular flexibility index (Phi) is 4.30. The van der Waals surface area contributed by atoms with Gasteiger partial charge in [0.05, 0.1) is 17.6 Å². The lowest BCUT2D eigenvalue weighted by Crippen LogP contribution is -2.12. The van der Waals surface area contributed by atoms with Crippen LogP contribution in [0.3, 0.4) is 0 Å². The summed E-state index contributed by atoms with van der Waals surface area (Å²) in [6, 6.07) is 12.6. The molecule has 0 atom stereocenters. The van der Waals surface area contributed by atoms with Gasteiger partial charge in [0.25, 0.3) is 0 Å². The minimum Gasteiger partial charge on any atom is -0.465 e. The normalized spacial score (nSPS) is 11.0. The number of aromatic nitrogens is 2. The number of anilines is 1. The largest absolute Gasteiger partial charge is 0.465 e. The maximum atomic E-state index is 12.1. The van der Waals surface area contributed by atoms with E-state index in [1.165, 1.54) is 6.08 Å². The number of rotatable bonds is 4. The number of benzene rings is 1. The zero-order valence-corrected chi connectivity index (χ0v) is 13.1. The van der Waals surface area contributed by atoms with Crippen LogP contribution in [0.4, 0.5) is 5.82 Å². The molecular weight excluding hydrogens is 314 g/mol. The Labute approximate surface area is 138 Å². The molecule has 6 heteroatoms. The molecule has 0 saturated heterocycles. The molecule has 1 N–H and O–H groups in total. The van der Waals surface area contributed by atoms with E-state index in [0.717, 1.165) is 11.4 Å². The molecule has 5 nitrogen and oxygen atoms in total. The number of amides is 1. The van der Waals surface area contributed by atoms with Crippen molar-refractivity contribution in [3.05, 3.63) is 71.3 Å². The molecule has 1 aromatic carbocycles. The maximum Gasteiger partial charge on any atom is 0.249 e. The van der Waals surface area contributed by atoms with Gasteiger partial charge in [0.1, 0.15) is 11.6 Å². The van der Waals surface area contributed by atoms with Crippen LogP contribution >= 0.6 is 11.6 Å². The minimum absolute atomic E-state index is 0.274. The van der Waals surface area contributed by atoms with Crippen molar-refractivity contribution in [1.29, 1.82) is 0 Å². The summed E-state index contributed by atoms with van der Waals surface area (Å²) in [5.74, 6) is 0.906. The zero-order valence-electron chi connectivity index (χ0n) is 12.4. The summed E-state index contributed by atoms with van der Waals surface area (Å²) in [5.41, 5.74) is 1.56. The van der Waals surface area contributed by atoms with Gasteiger partial charge in [0.2, 0.25) is 5.91 Å². The molecule has 23 heavy (non-hydrogen) atoms. The highest BCUT2D eigenvalue weighted by Crippen LogP contribution is 2.20. The van der Waals surface area contributed by atoms with Crippen LogP contribution < -0.4 is 5.32 Å². The number of carbonyl (C=O) groups is 1. The van der Waals surface area contributed by atoms with Crippen LogP contribution in [-0.4, -0.2) is 15.7 Å². The molecule has 0 radical (unpaired) electrons. The highest BCUT2D eigenvalue weighted by atomic mass is 35.5. The van der Waals surface area contributed by atoms with Crippen LogP contribution in [0.25, 0.3) is 11.8 Å². The molecule has 116 valence electrons. The number of furan rings is 1. The molecule has 0 unspecified atom stereocenters. The lowest BCUT2D eigenvalue weighted by Gasteiger charge is -2.07. The maximum absolute atomic E-state index is 12.1. The molecule has 0 saturated carbocycles. The molecular formula is C17H14ClN3O2. The van der Waals surface area contributed by atoms with Crippen LogP contribution in [0.5, 0.6) is 0 Å². The number of hydrogen-bond donors (Lipinski definition) is 1. The van der Waals surface area contributed by atoms with E-state index in [4.69, 9.17) is 16.0 Å². The Hall–Kier alpha value is -2.79. The Morgan fingerprint density at radius 1 is 1.30 bits per heavy atom. The van der Waals surface area contributed by atoms with Crippen molar-refractivity contribution in [2.45, 2.75) is 6.92 Å². The first-order chi connectivity index (χ1) is 11.1. The molecule has 3 rings (SSSR count). The SMILES string of the molecule is Cc1cc(NC(=O)/C=C/c2ccco2)n(-c2cccc(Cl)c2)n1. The van der Waals surface area contributed by atoms with E-state index in [-0.39, 0.29) is 5.91 Å². The molecule has 2 heterocycles. The standard InChI is InChI=1S/C17H14ClN3O2/c1-12-10-16(19-17(22)8-7-15-6-3-9-23-15)21(20-12)14-5-2-4-13(18)11-14/h2-11H,1H3,(H,19,22)/b8-7+. The summed E-state index contributed by atoms with van der Waals surface area (Å²) in [6.07, 6.45) is 4.56. The van der Waals surface area contributed by atoms with Crippen molar-refractivity contribution in [1.82, 2.24) is 9.78 Å². The highest BCUT2D eigenvalue weighted by Gasteiger charge is 2.10. The van der Waals surface area contributed by atoms with Gasteiger partial charge >= 0.3 is 0 Å². The van der Waals surface area contributed by atoms with E-state index in [1.807, 2.05) is 19.1 Å². The Bertz CT molecular complexity index is 851. The quantitative estimate of drug-likeness (QED) is 0.734. The monoisotopic (exact) mass is 327 g/mol. The van der Waals surface area contributed by atoms with Crippen molar-refractivity contribution >= 4 is 29.4 Å². The smallest absolute Gasteiger partial charge is 0.249 e. The van der Waals surface area contributed by atoms with Crippen LogP contribution in [0.2, 0.25) is 5.02 Å². The van der Waals surface area contributed by atoms with Crippen molar-refractivity contribution in [3.8, 4) is 5.69 Å². The molecule has 2 aromatic heterocycles. The number of halogens is 1. The third kappa shape index (κ3) is 3.70. The van der Waals surface area contributed by atoms with Gasteiger partial charge in [-0.3, -0.25) is 4.79 Å². The predicted octanol–water partition coefficient (Wildman–Crippen LogP) is 4.08. The topological polar surface area (TPSA) is 60.1 Å². The first-order valence-corrected chi connectivity index (χ1v) is 7.35. The predicted molar refractivity (Wildman–Crippen MR) is 89.7 cm³/mol. The van der Waals surface area contributed by atoms with Crippen LogP contribution in [0.1, 0.15) is 11.5 Å². The third-order valence-corrected chi connectivity index (χ3v) is 3.31. The zero-order chi connectivity index (χ0) is 16.2. The Balaban J connectivity index is 1.82. The second-order valence-electron chi connectivity index (χ2n) is 4.90. The molecule has 0 aliphatic rings. The molecule has 0 spiro atoms. The van der Waals surface area contributed by atoms with E-state index in [9.17, 15) is 4.79 Å². The molecule has 0 bridgehead atoms. The average Bonchev–Trinajstić information content (AvgIpc) is 3.15. The van der Waals surface area contributed by atoms with Crippen LogP contribution in [0.15, 0.2) is 59.2 Å². The van der Waals surface area contributed by atoms with Gasteiger partial charge in [-0.05, 0) is 43.3 Å². The fraction of sp³-hybridized carbons (Fsp3) is 0.0588. The third-order valence-electron chi connectivity index (χ3n) is 3.08. The lowest BCUT2D eigenvalue weighted by molar-refractivity contribution is -0.111. The number of carbonyl (C=O) groups excluding carboxylic acids is 1. The lowest BCUT2D eigenvalue weighted by atomic mass is 10.3. The summed E-state index contributed by atoms with van der Waals surface area (Å²) < 4.78 is 6.78. The molecule has 0 aliphatic heterocycles. The van der Waals surface area contributed by atoms with Gasteiger partial charge < -0.3 is 9.73 Å². The fourth-order valence-electron chi connectivity index (χ4n) is 2.11. The van der Waals surface area contributed by atoms with Gasteiger partial charge in [-0.15, -0.1) is 0 Å². The minimum atomic E-state index is -0.274. The molecule has 1 amide bonds. The van der Waals surface area contributed by atoms with Crippen LogP contribution in [0, 0.1) is 6.92 Å². The van der Waals surface area contributed by atoms with Crippen LogP contribution in [-0.2, 0) is 4.79 Å².